The molecule has 256 valence electrons. The summed E-state index contributed by atoms with van der Waals surface area (Å²) >= 11 is 2.16. The molecule has 0 bridgehead atoms. The Morgan fingerprint density at radius 2 is 1.30 bits per heavy atom. The van der Waals surface area contributed by atoms with E-state index in [2.05, 4.69) is 195 Å². The average Bonchev–Trinajstić information content (AvgIpc) is 3.76. The predicted octanol–water partition coefficient (Wildman–Crippen LogP) is 10.8. The third kappa shape index (κ3) is 3.97. The molecule has 0 radical (unpaired) electrons. The highest BCUT2D eigenvalue weighted by Gasteiger charge is 2.64. The highest BCUT2D eigenvalue weighted by atomic mass is 32.2. The molecule has 4 aliphatic carbocycles. The van der Waals surface area contributed by atoms with Gasteiger partial charge >= 0.3 is 0 Å². The summed E-state index contributed by atoms with van der Waals surface area (Å²) in [5.74, 6) is 1.68. The minimum atomic E-state index is -0.428. The SMILES string of the molecule is CN1C(c2ccccc2)=NC(c2ccccc2)=NC1c1ccc2c(c1)C1(C3=C(c4ccccc41)C1SC4C=CC=CC4(C)C1(C)C=C3)c1ccccc1-2. The molecule has 5 aromatic rings. The van der Waals surface area contributed by atoms with E-state index in [9.17, 15) is 0 Å². The molecule has 2 heterocycles. The van der Waals surface area contributed by atoms with Gasteiger partial charge in [0.25, 0.3) is 0 Å². The van der Waals surface area contributed by atoms with Gasteiger partial charge in [0.1, 0.15) is 5.84 Å². The highest BCUT2D eigenvalue weighted by Crippen LogP contribution is 2.72. The fourth-order valence-electron chi connectivity index (χ4n) is 10.3. The lowest BCUT2D eigenvalue weighted by molar-refractivity contribution is 0.220. The van der Waals surface area contributed by atoms with Gasteiger partial charge in [0.05, 0.1) is 5.41 Å². The van der Waals surface area contributed by atoms with Crippen molar-refractivity contribution in [2.24, 2.45) is 20.8 Å². The second kappa shape index (κ2) is 11.0. The van der Waals surface area contributed by atoms with Gasteiger partial charge in [-0.25, -0.2) is 9.98 Å². The standard InChI is InChI=1S/C49H39N3S/c1-47-28-15-14-24-41(47)53-43-42-36-21-11-13-23-38(36)49(39(42)27-29-48(43,47)2)37-22-12-10-20-34(37)35-26-25-33(30-40(35)49)46-51-44(31-16-6-4-7-17-31)50-45(52(46)3)32-18-8-5-9-19-32/h4-30,41,43,46H,1-3H3. The summed E-state index contributed by atoms with van der Waals surface area (Å²) in [5, 5.41) is 0.758. The number of benzene rings is 5. The van der Waals surface area contributed by atoms with Crippen LogP contribution < -0.4 is 0 Å². The Kier molecular flexibility index (Phi) is 6.48. The van der Waals surface area contributed by atoms with Crippen molar-refractivity contribution in [1.29, 1.82) is 0 Å². The minimum Gasteiger partial charge on any atom is -0.333 e. The van der Waals surface area contributed by atoms with Crippen molar-refractivity contribution in [3.05, 3.63) is 208 Å². The second-order valence-electron chi connectivity index (χ2n) is 15.7. The quantitative estimate of drug-likeness (QED) is 0.187. The minimum absolute atomic E-state index is 0.0234. The number of rotatable bonds is 3. The van der Waals surface area contributed by atoms with E-state index in [0.717, 1.165) is 28.4 Å². The first-order chi connectivity index (χ1) is 25.9. The van der Waals surface area contributed by atoms with Crippen LogP contribution in [0.25, 0.3) is 16.7 Å². The number of fused-ring (bicyclic) bond motifs is 13. The third-order valence-corrected chi connectivity index (χ3v) is 15.1. The molecule has 3 nitrogen and oxygen atoms in total. The van der Waals surface area contributed by atoms with Crippen molar-refractivity contribution < 1.29 is 0 Å². The van der Waals surface area contributed by atoms with E-state index in [0.29, 0.717) is 10.5 Å². The Morgan fingerprint density at radius 3 is 2.08 bits per heavy atom. The second-order valence-corrected chi connectivity index (χ2v) is 16.9. The number of allylic oxidation sites excluding steroid dienone is 6. The number of thioether (sulfide) groups is 1. The lowest BCUT2D eigenvalue weighted by atomic mass is 9.57. The predicted molar refractivity (Wildman–Crippen MR) is 220 cm³/mol. The number of hydrogen-bond donors (Lipinski definition) is 0. The Labute approximate surface area is 315 Å². The number of hydrogen-bond acceptors (Lipinski definition) is 4. The van der Waals surface area contributed by atoms with Crippen LogP contribution in [-0.4, -0.2) is 34.1 Å². The van der Waals surface area contributed by atoms with Gasteiger partial charge in [-0.15, -0.1) is 11.8 Å². The normalized spacial score (nSPS) is 29.6. The average molecular weight is 702 g/mol. The lowest BCUT2D eigenvalue weighted by Gasteiger charge is -2.45. The maximum absolute atomic E-state index is 5.41. The van der Waals surface area contributed by atoms with E-state index in [-0.39, 0.29) is 17.0 Å². The van der Waals surface area contributed by atoms with E-state index in [1.807, 2.05) is 6.07 Å². The summed E-state index contributed by atoms with van der Waals surface area (Å²) in [7, 11) is 2.13. The maximum atomic E-state index is 5.41. The monoisotopic (exact) mass is 701 g/mol. The molecule has 5 aromatic carbocycles. The summed E-state index contributed by atoms with van der Waals surface area (Å²) in [6, 6.07) is 46.5. The van der Waals surface area contributed by atoms with Crippen molar-refractivity contribution in [3.8, 4) is 11.1 Å². The van der Waals surface area contributed by atoms with E-state index >= 15 is 0 Å². The Bertz CT molecular complexity index is 2560. The van der Waals surface area contributed by atoms with E-state index in [4.69, 9.17) is 9.98 Å². The lowest BCUT2D eigenvalue weighted by Crippen LogP contribution is -2.42. The zero-order valence-electron chi connectivity index (χ0n) is 30.1. The molecule has 6 aliphatic rings. The topological polar surface area (TPSA) is 28.0 Å². The molecule has 0 N–H and O–H groups in total. The Morgan fingerprint density at radius 1 is 0.642 bits per heavy atom. The molecule has 0 aromatic heterocycles. The first-order valence-electron chi connectivity index (χ1n) is 18.7. The summed E-state index contributed by atoms with van der Waals surface area (Å²) in [6.45, 7) is 4.98. The molecular weight excluding hydrogens is 663 g/mol. The third-order valence-electron chi connectivity index (χ3n) is 13.2. The summed E-state index contributed by atoms with van der Waals surface area (Å²) < 4.78 is 0. The van der Waals surface area contributed by atoms with Crippen molar-refractivity contribution in [2.45, 2.75) is 35.9 Å². The zero-order chi connectivity index (χ0) is 35.5. The van der Waals surface area contributed by atoms with Crippen LogP contribution >= 0.6 is 11.8 Å². The molecule has 1 saturated heterocycles. The van der Waals surface area contributed by atoms with E-state index in [1.165, 1.54) is 44.5 Å². The Hall–Kier alpha value is -5.45. The van der Waals surface area contributed by atoms with Crippen molar-refractivity contribution >= 4 is 29.0 Å². The molecule has 53 heavy (non-hydrogen) atoms. The van der Waals surface area contributed by atoms with Crippen LogP contribution in [0.5, 0.6) is 0 Å². The summed E-state index contributed by atoms with van der Waals surface area (Å²) in [5.41, 5.74) is 13.9. The van der Waals surface area contributed by atoms with Crippen LogP contribution in [0, 0.1) is 10.8 Å². The molecule has 0 amide bonds. The summed E-state index contributed by atoms with van der Waals surface area (Å²) in [4.78, 5) is 12.8. The van der Waals surface area contributed by atoms with Gasteiger partial charge in [0.2, 0.25) is 0 Å². The largest absolute Gasteiger partial charge is 0.333 e. The fourth-order valence-corrected chi connectivity index (χ4v) is 12.4. The van der Waals surface area contributed by atoms with Crippen LogP contribution in [0.15, 0.2) is 179 Å². The molecule has 4 heteroatoms. The first kappa shape index (κ1) is 31.1. The maximum Gasteiger partial charge on any atom is 0.159 e. The number of nitrogens with zero attached hydrogens (tertiary/aromatic N) is 3. The molecule has 6 unspecified atom stereocenters. The van der Waals surface area contributed by atoms with Gasteiger partial charge in [-0.2, -0.15) is 0 Å². The molecule has 0 saturated carbocycles. The van der Waals surface area contributed by atoms with Gasteiger partial charge in [-0.05, 0) is 56.2 Å². The van der Waals surface area contributed by atoms with Crippen molar-refractivity contribution in [3.63, 3.8) is 0 Å². The van der Waals surface area contributed by atoms with Crippen LogP contribution in [0.2, 0.25) is 0 Å². The van der Waals surface area contributed by atoms with Crippen LogP contribution in [0.4, 0.5) is 0 Å². The van der Waals surface area contributed by atoms with Crippen LogP contribution in [0.3, 0.4) is 0 Å². The fraction of sp³-hybridized carbons (Fsp3) is 0.184. The molecule has 1 spiro atoms. The van der Waals surface area contributed by atoms with Gasteiger partial charge in [0.15, 0.2) is 12.0 Å². The van der Waals surface area contributed by atoms with Crippen molar-refractivity contribution in [2.75, 3.05) is 7.05 Å². The molecule has 11 rings (SSSR count). The molecular formula is C49H39N3S. The highest BCUT2D eigenvalue weighted by molar-refractivity contribution is 8.01. The van der Waals surface area contributed by atoms with Crippen molar-refractivity contribution in [1.82, 2.24) is 4.90 Å². The molecule has 1 fully saturated rings. The van der Waals surface area contributed by atoms with Gasteiger partial charge in [-0.3, -0.25) is 0 Å². The molecule has 2 aliphatic heterocycles. The first-order valence-corrected chi connectivity index (χ1v) is 19.7. The Balaban J connectivity index is 1.14. The van der Waals surface area contributed by atoms with Crippen LogP contribution in [-0.2, 0) is 5.41 Å². The van der Waals surface area contributed by atoms with Gasteiger partial charge in [-0.1, -0.05) is 172 Å². The van der Waals surface area contributed by atoms with Gasteiger partial charge in [0, 0.05) is 39.5 Å². The van der Waals surface area contributed by atoms with E-state index < -0.39 is 5.41 Å². The molecule has 6 atom stereocenters. The number of amidine groups is 2. The van der Waals surface area contributed by atoms with Gasteiger partial charge < -0.3 is 4.90 Å². The zero-order valence-corrected chi connectivity index (χ0v) is 30.9. The number of aliphatic imine (C=N–C) groups is 2. The van der Waals surface area contributed by atoms with E-state index in [1.54, 1.807) is 0 Å². The van der Waals surface area contributed by atoms with Crippen LogP contribution in [0.1, 0.15) is 59.0 Å². The smallest absolute Gasteiger partial charge is 0.159 e. The summed E-state index contributed by atoms with van der Waals surface area (Å²) in [6.07, 6.45) is 14.3.